The molecule has 1 aliphatic heterocycles. The average Bonchev–Trinajstić information content (AvgIpc) is 2.26. The van der Waals surface area contributed by atoms with Gasteiger partial charge in [-0.2, -0.15) is 0 Å². The van der Waals surface area contributed by atoms with Crippen LogP contribution < -0.4 is 5.56 Å². The molecule has 1 N–H and O–H groups in total. The van der Waals surface area contributed by atoms with Crippen molar-refractivity contribution in [3.8, 4) is 0 Å². The van der Waals surface area contributed by atoms with Gasteiger partial charge in [0.2, 0.25) is 0 Å². The highest BCUT2D eigenvalue weighted by Gasteiger charge is 2.14. The van der Waals surface area contributed by atoms with Gasteiger partial charge >= 0.3 is 0 Å². The Labute approximate surface area is 88.0 Å². The van der Waals surface area contributed by atoms with Crippen molar-refractivity contribution in [2.24, 2.45) is 0 Å². The molecule has 0 spiro atoms. The van der Waals surface area contributed by atoms with E-state index in [9.17, 15) is 9.90 Å². The first-order valence-electron chi connectivity index (χ1n) is 4.82. The average molecular weight is 203 g/mol. The van der Waals surface area contributed by atoms with Crippen molar-refractivity contribution < 1.29 is 5.11 Å². The molecule has 0 aliphatic carbocycles. The third-order valence-electron chi connectivity index (χ3n) is 2.39. The Morgan fingerprint density at radius 1 is 1.33 bits per heavy atom. The molecule has 78 valence electrons. The summed E-state index contributed by atoms with van der Waals surface area (Å²) in [6.07, 6.45) is 6.63. The largest absolute Gasteiger partial charge is 0.382 e. The fourth-order valence-electron chi connectivity index (χ4n) is 1.56. The molecule has 15 heavy (non-hydrogen) atoms. The first kappa shape index (κ1) is 9.93. The van der Waals surface area contributed by atoms with Gasteiger partial charge in [0.25, 0.3) is 5.56 Å². The molecule has 1 aromatic heterocycles. The van der Waals surface area contributed by atoms with Crippen LogP contribution in [0.1, 0.15) is 18.2 Å². The van der Waals surface area contributed by atoms with E-state index in [1.165, 1.54) is 4.57 Å². The standard InChI is InChI=1S/C12H13NO2/c1-9-7-10-3-4-12(2,15)5-6-13(10)11(14)8-9/h3-8,15H,1-2H3. The first-order chi connectivity index (χ1) is 6.98. The third kappa shape index (κ3) is 1.92. The molecule has 0 fully saturated rings. The van der Waals surface area contributed by atoms with Crippen molar-refractivity contribution >= 4 is 12.3 Å². The Balaban J connectivity index is 2.68. The molecule has 3 heteroatoms. The van der Waals surface area contributed by atoms with Crippen LogP contribution in [-0.2, 0) is 0 Å². The summed E-state index contributed by atoms with van der Waals surface area (Å²) in [5.74, 6) is 0. The van der Waals surface area contributed by atoms with Gasteiger partial charge in [0.05, 0.1) is 0 Å². The van der Waals surface area contributed by atoms with Crippen molar-refractivity contribution in [3.63, 3.8) is 0 Å². The molecule has 1 atom stereocenters. The van der Waals surface area contributed by atoms with Crippen molar-refractivity contribution in [3.05, 3.63) is 45.9 Å². The Kier molecular flexibility index (Phi) is 2.12. The molecular formula is C12H13NO2. The number of aryl methyl sites for hydroxylation is 1. The summed E-state index contributed by atoms with van der Waals surface area (Å²) in [6, 6.07) is 3.48. The Hall–Kier alpha value is -1.61. The second kappa shape index (κ2) is 3.21. The SMILES string of the molecule is Cc1cc2n(c(=O)c1)C=CC(C)(O)C=C2. The lowest BCUT2D eigenvalue weighted by atomic mass is 10.1. The highest BCUT2D eigenvalue weighted by atomic mass is 16.3. The molecular weight excluding hydrogens is 190 g/mol. The van der Waals surface area contributed by atoms with Crippen molar-refractivity contribution in [2.45, 2.75) is 19.4 Å². The molecule has 1 unspecified atom stereocenters. The molecule has 0 saturated carbocycles. The van der Waals surface area contributed by atoms with E-state index in [0.717, 1.165) is 11.3 Å². The van der Waals surface area contributed by atoms with Crippen LogP contribution in [0.5, 0.6) is 0 Å². The molecule has 3 nitrogen and oxygen atoms in total. The Morgan fingerprint density at radius 3 is 2.80 bits per heavy atom. The minimum Gasteiger partial charge on any atom is -0.382 e. The van der Waals surface area contributed by atoms with E-state index in [0.29, 0.717) is 0 Å². The predicted molar refractivity (Wildman–Crippen MR) is 60.4 cm³/mol. The number of rotatable bonds is 0. The van der Waals surface area contributed by atoms with Crippen LogP contribution in [0.15, 0.2) is 29.1 Å². The maximum atomic E-state index is 11.6. The minimum atomic E-state index is -0.994. The topological polar surface area (TPSA) is 42.2 Å². The van der Waals surface area contributed by atoms with Crippen molar-refractivity contribution in [2.75, 3.05) is 0 Å². The van der Waals surface area contributed by atoms with Crippen LogP contribution in [0.4, 0.5) is 0 Å². The first-order valence-corrected chi connectivity index (χ1v) is 4.82. The summed E-state index contributed by atoms with van der Waals surface area (Å²) < 4.78 is 1.52. The van der Waals surface area contributed by atoms with E-state index >= 15 is 0 Å². The Morgan fingerprint density at radius 2 is 2.07 bits per heavy atom. The van der Waals surface area contributed by atoms with Gasteiger partial charge in [0, 0.05) is 18.0 Å². The molecule has 0 bridgehead atoms. The zero-order valence-electron chi connectivity index (χ0n) is 8.77. The van der Waals surface area contributed by atoms with Gasteiger partial charge in [0.15, 0.2) is 0 Å². The van der Waals surface area contributed by atoms with Crippen LogP contribution in [0, 0.1) is 6.92 Å². The molecule has 0 saturated heterocycles. The van der Waals surface area contributed by atoms with Gasteiger partial charge in [-0.25, -0.2) is 0 Å². The number of pyridine rings is 1. The predicted octanol–water partition coefficient (Wildman–Crippen LogP) is 1.41. The van der Waals surface area contributed by atoms with Crippen molar-refractivity contribution in [1.82, 2.24) is 4.57 Å². The van der Waals surface area contributed by atoms with Crippen LogP contribution in [0.2, 0.25) is 0 Å². The van der Waals surface area contributed by atoms with Gasteiger partial charge in [-0.3, -0.25) is 9.36 Å². The highest BCUT2D eigenvalue weighted by molar-refractivity contribution is 5.55. The van der Waals surface area contributed by atoms with Gasteiger partial charge in [-0.05, 0) is 43.7 Å². The number of nitrogens with zero attached hydrogens (tertiary/aromatic N) is 1. The van der Waals surface area contributed by atoms with Gasteiger partial charge in [0.1, 0.15) is 5.60 Å². The summed E-state index contributed by atoms with van der Waals surface area (Å²) in [6.45, 7) is 3.55. The van der Waals surface area contributed by atoms with E-state index in [1.807, 2.05) is 13.0 Å². The van der Waals surface area contributed by atoms with E-state index in [-0.39, 0.29) is 5.56 Å². The normalized spacial score (nSPS) is 23.7. The van der Waals surface area contributed by atoms with E-state index in [2.05, 4.69) is 0 Å². The number of aliphatic hydroxyl groups is 1. The number of fused-ring (bicyclic) bond motifs is 1. The van der Waals surface area contributed by atoms with E-state index in [1.54, 1.807) is 37.4 Å². The van der Waals surface area contributed by atoms with Gasteiger partial charge < -0.3 is 5.11 Å². The summed E-state index contributed by atoms with van der Waals surface area (Å²) in [5.41, 5.74) is 0.635. The summed E-state index contributed by atoms with van der Waals surface area (Å²) in [5, 5.41) is 9.80. The molecule has 2 rings (SSSR count). The van der Waals surface area contributed by atoms with Crippen LogP contribution >= 0.6 is 0 Å². The second-order valence-corrected chi connectivity index (χ2v) is 4.04. The maximum Gasteiger partial charge on any atom is 0.255 e. The van der Waals surface area contributed by atoms with E-state index in [4.69, 9.17) is 0 Å². The third-order valence-corrected chi connectivity index (χ3v) is 2.39. The van der Waals surface area contributed by atoms with Crippen LogP contribution in [0.25, 0.3) is 12.3 Å². The summed E-state index contributed by atoms with van der Waals surface area (Å²) in [7, 11) is 0. The highest BCUT2D eigenvalue weighted by Crippen LogP contribution is 2.16. The Bertz CT molecular complexity index is 507. The summed E-state index contributed by atoms with van der Waals surface area (Å²) >= 11 is 0. The monoisotopic (exact) mass is 203 g/mol. The lowest BCUT2D eigenvalue weighted by molar-refractivity contribution is 0.166. The fraction of sp³-hybridized carbons (Fsp3) is 0.250. The minimum absolute atomic E-state index is 0.0800. The zero-order valence-corrected chi connectivity index (χ0v) is 8.77. The zero-order chi connectivity index (χ0) is 11.1. The molecule has 2 heterocycles. The number of hydrogen-bond donors (Lipinski definition) is 1. The fourth-order valence-corrected chi connectivity index (χ4v) is 1.56. The van der Waals surface area contributed by atoms with Crippen LogP contribution in [0.3, 0.4) is 0 Å². The molecule has 0 radical (unpaired) electrons. The van der Waals surface area contributed by atoms with Gasteiger partial charge in [-0.1, -0.05) is 0 Å². The molecule has 0 amide bonds. The van der Waals surface area contributed by atoms with Gasteiger partial charge in [-0.15, -0.1) is 0 Å². The van der Waals surface area contributed by atoms with E-state index < -0.39 is 5.60 Å². The smallest absolute Gasteiger partial charge is 0.255 e. The molecule has 1 aromatic rings. The molecule has 1 aliphatic rings. The quantitative estimate of drug-likeness (QED) is 0.692. The molecule has 0 aromatic carbocycles. The lowest BCUT2D eigenvalue weighted by Crippen LogP contribution is -2.18. The number of aromatic nitrogens is 1. The van der Waals surface area contributed by atoms with Crippen molar-refractivity contribution in [1.29, 1.82) is 0 Å². The number of hydrogen-bond acceptors (Lipinski definition) is 2. The van der Waals surface area contributed by atoms with Crippen LogP contribution in [-0.4, -0.2) is 15.3 Å². The second-order valence-electron chi connectivity index (χ2n) is 4.04. The lowest BCUT2D eigenvalue weighted by Gasteiger charge is -2.10. The maximum absolute atomic E-state index is 11.6. The summed E-state index contributed by atoms with van der Waals surface area (Å²) in [4.78, 5) is 11.6.